The number of unbranched alkanes of at least 4 members (excludes halogenated alkanes) is 1. The summed E-state index contributed by atoms with van der Waals surface area (Å²) in [5, 5.41) is 9.85. The smallest absolute Gasteiger partial charge is 0.271 e. The van der Waals surface area contributed by atoms with Gasteiger partial charge in [-0.15, -0.1) is 0 Å². The molecule has 0 atom stereocenters. The summed E-state index contributed by atoms with van der Waals surface area (Å²) in [5.74, 6) is 0.230. The minimum atomic E-state index is -0.304. The lowest BCUT2D eigenvalue weighted by molar-refractivity contribution is -0.123. The number of amides is 2. The Balaban J connectivity index is 1.42. The molecule has 1 fully saturated rings. The number of carbonyl (C=O) groups is 2. The van der Waals surface area contributed by atoms with Gasteiger partial charge in [0, 0.05) is 25.2 Å². The highest BCUT2D eigenvalue weighted by Crippen LogP contribution is 2.18. The highest BCUT2D eigenvalue weighted by Gasteiger charge is 2.23. The predicted octanol–water partition coefficient (Wildman–Crippen LogP) is 1.67. The Morgan fingerprint density at radius 2 is 1.93 bits per heavy atom. The summed E-state index contributed by atoms with van der Waals surface area (Å²) < 4.78 is 6.82. The van der Waals surface area contributed by atoms with Gasteiger partial charge < -0.3 is 15.4 Å². The zero-order chi connectivity index (χ0) is 21.3. The molecule has 2 amide bonds. The zero-order valence-electron chi connectivity index (χ0n) is 17.2. The van der Waals surface area contributed by atoms with Crippen LogP contribution in [0, 0.1) is 0 Å². The van der Waals surface area contributed by atoms with Crippen molar-refractivity contribution in [3.8, 4) is 5.75 Å². The van der Waals surface area contributed by atoms with Crippen LogP contribution in [0.5, 0.6) is 5.75 Å². The molecule has 30 heavy (non-hydrogen) atoms. The summed E-state index contributed by atoms with van der Waals surface area (Å²) in [6.45, 7) is 3.00. The van der Waals surface area contributed by atoms with E-state index in [1.54, 1.807) is 0 Å². The number of rotatable bonds is 11. The molecule has 0 unspecified atom stereocenters. The van der Waals surface area contributed by atoms with Gasteiger partial charge in [-0.1, -0.05) is 25.5 Å². The standard InChI is InChI=1S/C22H28N4O4/c1-2-3-14-26-21(28)11-10-19(25-26)22(29)23-13-12-16-4-8-18(9-5-16)30-15-20(27)24-17-6-7-17/h4-5,8-11,17H,2-3,6-7,12-15H2,1H3,(H,23,29)(H,24,27). The Bertz CT molecular complexity index is 919. The normalized spacial score (nSPS) is 13.0. The Labute approximate surface area is 175 Å². The third kappa shape index (κ3) is 6.72. The van der Waals surface area contributed by atoms with Gasteiger partial charge in [0.1, 0.15) is 11.4 Å². The number of hydrogen-bond acceptors (Lipinski definition) is 5. The Hall–Kier alpha value is -3.16. The van der Waals surface area contributed by atoms with E-state index in [4.69, 9.17) is 4.74 Å². The fourth-order valence-corrected chi connectivity index (χ4v) is 2.85. The summed E-state index contributed by atoms with van der Waals surface area (Å²) in [5.41, 5.74) is 1.07. The fourth-order valence-electron chi connectivity index (χ4n) is 2.85. The minimum absolute atomic E-state index is 0.0132. The molecule has 160 valence electrons. The van der Waals surface area contributed by atoms with Crippen molar-refractivity contribution in [2.45, 2.75) is 51.6 Å². The molecule has 8 heteroatoms. The first kappa shape index (κ1) is 21.5. The molecule has 2 aromatic rings. The first-order valence-corrected chi connectivity index (χ1v) is 10.4. The first-order valence-electron chi connectivity index (χ1n) is 10.4. The van der Waals surface area contributed by atoms with Gasteiger partial charge in [0.25, 0.3) is 17.4 Å². The van der Waals surface area contributed by atoms with Crippen LogP contribution in [0.2, 0.25) is 0 Å². The van der Waals surface area contributed by atoms with Crippen molar-refractivity contribution >= 4 is 11.8 Å². The quantitative estimate of drug-likeness (QED) is 0.585. The highest BCUT2D eigenvalue weighted by molar-refractivity contribution is 5.91. The molecule has 0 bridgehead atoms. The number of nitrogens with one attached hydrogen (secondary N) is 2. The van der Waals surface area contributed by atoms with Crippen molar-refractivity contribution < 1.29 is 14.3 Å². The largest absolute Gasteiger partial charge is 0.484 e. The predicted molar refractivity (Wildman–Crippen MR) is 113 cm³/mol. The average molecular weight is 412 g/mol. The lowest BCUT2D eigenvalue weighted by atomic mass is 10.1. The first-order chi connectivity index (χ1) is 14.5. The number of aryl methyl sites for hydroxylation is 1. The maximum atomic E-state index is 12.3. The SMILES string of the molecule is CCCCn1nc(C(=O)NCCc2ccc(OCC(=O)NC3CC3)cc2)ccc1=O. The summed E-state index contributed by atoms with van der Waals surface area (Å²) in [4.78, 5) is 35.8. The second-order valence-corrected chi connectivity index (χ2v) is 7.41. The van der Waals surface area contributed by atoms with Gasteiger partial charge in [0.2, 0.25) is 0 Å². The molecule has 1 heterocycles. The van der Waals surface area contributed by atoms with Gasteiger partial charge in [0.15, 0.2) is 6.61 Å². The van der Waals surface area contributed by atoms with Gasteiger partial charge in [-0.05, 0) is 49.4 Å². The van der Waals surface area contributed by atoms with Crippen LogP contribution in [-0.4, -0.2) is 40.8 Å². The number of nitrogens with zero attached hydrogens (tertiary/aromatic N) is 2. The van der Waals surface area contributed by atoms with Crippen molar-refractivity contribution in [3.63, 3.8) is 0 Å². The number of aromatic nitrogens is 2. The molecular weight excluding hydrogens is 384 g/mol. The van der Waals surface area contributed by atoms with E-state index >= 15 is 0 Å². The van der Waals surface area contributed by atoms with Gasteiger partial charge in [0.05, 0.1) is 0 Å². The van der Waals surface area contributed by atoms with Crippen LogP contribution in [0.25, 0.3) is 0 Å². The second kappa shape index (κ2) is 10.6. The van der Waals surface area contributed by atoms with Crippen molar-refractivity contribution in [2.24, 2.45) is 0 Å². The van der Waals surface area contributed by atoms with E-state index in [0.29, 0.717) is 31.3 Å². The number of ether oxygens (including phenoxy) is 1. The van der Waals surface area contributed by atoms with Crippen LogP contribution in [0.3, 0.4) is 0 Å². The van der Waals surface area contributed by atoms with E-state index in [2.05, 4.69) is 15.7 Å². The van der Waals surface area contributed by atoms with E-state index in [0.717, 1.165) is 31.2 Å². The summed E-state index contributed by atoms with van der Waals surface area (Å²) in [6, 6.07) is 10.6. The van der Waals surface area contributed by atoms with E-state index < -0.39 is 0 Å². The van der Waals surface area contributed by atoms with E-state index in [-0.39, 0.29) is 29.7 Å². The molecule has 3 rings (SSSR count). The monoisotopic (exact) mass is 412 g/mol. The second-order valence-electron chi connectivity index (χ2n) is 7.41. The van der Waals surface area contributed by atoms with Gasteiger partial charge in [-0.25, -0.2) is 4.68 Å². The maximum absolute atomic E-state index is 12.3. The minimum Gasteiger partial charge on any atom is -0.484 e. The molecule has 0 aliphatic heterocycles. The number of hydrogen-bond donors (Lipinski definition) is 2. The fraction of sp³-hybridized carbons (Fsp3) is 0.455. The molecule has 1 aromatic carbocycles. The van der Waals surface area contributed by atoms with E-state index in [1.807, 2.05) is 31.2 Å². The summed E-state index contributed by atoms with van der Waals surface area (Å²) in [7, 11) is 0. The van der Waals surface area contributed by atoms with Crippen LogP contribution in [0.15, 0.2) is 41.2 Å². The molecule has 0 spiro atoms. The van der Waals surface area contributed by atoms with Crippen LogP contribution in [0.4, 0.5) is 0 Å². The molecule has 1 saturated carbocycles. The van der Waals surface area contributed by atoms with Gasteiger partial charge in [-0.3, -0.25) is 14.4 Å². The molecule has 2 N–H and O–H groups in total. The van der Waals surface area contributed by atoms with Crippen molar-refractivity contribution in [3.05, 3.63) is 58.0 Å². The highest BCUT2D eigenvalue weighted by atomic mass is 16.5. The Morgan fingerprint density at radius 3 is 2.63 bits per heavy atom. The molecule has 1 aliphatic rings. The van der Waals surface area contributed by atoms with Crippen molar-refractivity contribution in [1.29, 1.82) is 0 Å². The van der Waals surface area contributed by atoms with Crippen molar-refractivity contribution in [2.75, 3.05) is 13.2 Å². The van der Waals surface area contributed by atoms with Gasteiger partial charge >= 0.3 is 0 Å². The molecule has 0 saturated heterocycles. The number of carbonyl (C=O) groups excluding carboxylic acids is 2. The van der Waals surface area contributed by atoms with Crippen LogP contribution in [-0.2, 0) is 17.8 Å². The average Bonchev–Trinajstić information content (AvgIpc) is 3.56. The molecule has 1 aromatic heterocycles. The van der Waals surface area contributed by atoms with Crippen LogP contribution in [0.1, 0.15) is 48.7 Å². The molecule has 1 aliphatic carbocycles. The van der Waals surface area contributed by atoms with E-state index in [1.165, 1.54) is 16.8 Å². The molecular formula is C22H28N4O4. The zero-order valence-corrected chi connectivity index (χ0v) is 17.2. The van der Waals surface area contributed by atoms with Crippen LogP contribution < -0.4 is 20.9 Å². The third-order valence-corrected chi connectivity index (χ3v) is 4.76. The van der Waals surface area contributed by atoms with E-state index in [9.17, 15) is 14.4 Å². The van der Waals surface area contributed by atoms with Crippen LogP contribution >= 0.6 is 0 Å². The Morgan fingerprint density at radius 1 is 1.17 bits per heavy atom. The molecule has 0 radical (unpaired) electrons. The van der Waals surface area contributed by atoms with Gasteiger partial charge in [-0.2, -0.15) is 5.10 Å². The molecule has 8 nitrogen and oxygen atoms in total. The summed E-state index contributed by atoms with van der Waals surface area (Å²) in [6.07, 6.45) is 4.53. The van der Waals surface area contributed by atoms with Crippen molar-refractivity contribution in [1.82, 2.24) is 20.4 Å². The third-order valence-electron chi connectivity index (χ3n) is 4.76. The summed E-state index contributed by atoms with van der Waals surface area (Å²) >= 11 is 0. The lowest BCUT2D eigenvalue weighted by Gasteiger charge is -2.09. The lowest BCUT2D eigenvalue weighted by Crippen LogP contribution is -2.30. The Kier molecular flexibility index (Phi) is 7.59. The topological polar surface area (TPSA) is 102 Å². The maximum Gasteiger partial charge on any atom is 0.271 e. The number of benzene rings is 1.